The van der Waals surface area contributed by atoms with Crippen molar-refractivity contribution < 1.29 is 19.2 Å². The second kappa shape index (κ2) is 6.07. The molecule has 1 aromatic carbocycles. The van der Waals surface area contributed by atoms with Crippen LogP contribution in [0.4, 0.5) is 4.39 Å². The summed E-state index contributed by atoms with van der Waals surface area (Å²) < 4.78 is 14.5. The van der Waals surface area contributed by atoms with Crippen LogP contribution in [0.2, 0.25) is 0 Å². The second-order valence-electron chi connectivity index (χ2n) is 7.54. The Morgan fingerprint density at radius 1 is 1.40 bits per heavy atom. The lowest BCUT2D eigenvalue weighted by atomic mass is 9.71. The number of amides is 2. The van der Waals surface area contributed by atoms with Gasteiger partial charge in [-0.25, -0.2) is 9.87 Å². The fourth-order valence-electron chi connectivity index (χ4n) is 4.55. The molecule has 7 heteroatoms. The molecule has 0 aromatic heterocycles. The summed E-state index contributed by atoms with van der Waals surface area (Å²) in [4.78, 5) is 25.8. The minimum absolute atomic E-state index is 0.128. The molecule has 1 aromatic rings. The highest BCUT2D eigenvalue weighted by Gasteiger charge is 2.45. The van der Waals surface area contributed by atoms with Gasteiger partial charge in [0.05, 0.1) is 5.54 Å². The third-order valence-corrected chi connectivity index (χ3v) is 5.96. The van der Waals surface area contributed by atoms with Crippen LogP contribution in [0.15, 0.2) is 12.1 Å². The number of fused-ring (bicyclic) bond motifs is 4. The minimum atomic E-state index is -0.704. The van der Waals surface area contributed by atoms with Gasteiger partial charge in [-0.3, -0.25) is 19.7 Å². The van der Waals surface area contributed by atoms with E-state index >= 15 is 0 Å². The number of halogens is 1. The van der Waals surface area contributed by atoms with E-state index in [4.69, 9.17) is 5.21 Å². The van der Waals surface area contributed by atoms with Crippen LogP contribution in [0, 0.1) is 11.7 Å². The summed E-state index contributed by atoms with van der Waals surface area (Å²) in [7, 11) is 0. The Balaban J connectivity index is 1.51. The summed E-state index contributed by atoms with van der Waals surface area (Å²) in [6.07, 6.45) is 4.52. The van der Waals surface area contributed by atoms with Gasteiger partial charge in [0, 0.05) is 36.7 Å². The van der Waals surface area contributed by atoms with Crippen molar-refractivity contribution in [1.82, 2.24) is 15.7 Å². The van der Waals surface area contributed by atoms with E-state index in [1.165, 1.54) is 6.07 Å². The highest BCUT2D eigenvalue weighted by molar-refractivity contribution is 5.93. The molecule has 3 heterocycles. The first-order valence-corrected chi connectivity index (χ1v) is 8.80. The van der Waals surface area contributed by atoms with E-state index in [1.807, 2.05) is 0 Å². The van der Waals surface area contributed by atoms with Gasteiger partial charge in [-0.2, -0.15) is 0 Å². The summed E-state index contributed by atoms with van der Waals surface area (Å²) in [5.74, 6) is -0.780. The van der Waals surface area contributed by atoms with Crippen molar-refractivity contribution in [3.8, 4) is 0 Å². The van der Waals surface area contributed by atoms with Crippen molar-refractivity contribution in [2.45, 2.75) is 44.2 Å². The maximum absolute atomic E-state index is 14.5. The van der Waals surface area contributed by atoms with Crippen molar-refractivity contribution in [1.29, 1.82) is 0 Å². The topological polar surface area (TPSA) is 81.7 Å². The number of hydrogen-bond donors (Lipinski definition) is 3. The molecular weight excluding hydrogens is 325 g/mol. The van der Waals surface area contributed by atoms with Crippen LogP contribution in [0.25, 0.3) is 0 Å². The van der Waals surface area contributed by atoms with Crippen LogP contribution in [-0.4, -0.2) is 40.5 Å². The lowest BCUT2D eigenvalue weighted by Crippen LogP contribution is -2.63. The number of hydroxylamine groups is 1. The van der Waals surface area contributed by atoms with Gasteiger partial charge >= 0.3 is 0 Å². The molecule has 0 radical (unpaired) electrons. The molecule has 1 saturated carbocycles. The van der Waals surface area contributed by atoms with E-state index in [2.05, 4.69) is 10.2 Å². The van der Waals surface area contributed by atoms with E-state index < -0.39 is 11.7 Å². The molecule has 1 aliphatic carbocycles. The molecule has 4 aliphatic rings. The minimum Gasteiger partial charge on any atom is -0.349 e. The Morgan fingerprint density at radius 2 is 2.16 bits per heavy atom. The van der Waals surface area contributed by atoms with E-state index in [-0.39, 0.29) is 22.9 Å². The maximum Gasteiger partial charge on any atom is 0.274 e. The van der Waals surface area contributed by atoms with Gasteiger partial charge in [0.1, 0.15) is 5.82 Å². The quantitative estimate of drug-likeness (QED) is 0.570. The lowest BCUT2D eigenvalue weighted by molar-refractivity contribution is -0.134. The van der Waals surface area contributed by atoms with Crippen molar-refractivity contribution in [3.63, 3.8) is 0 Å². The number of nitrogens with zero attached hydrogens (tertiary/aromatic N) is 1. The zero-order valence-corrected chi connectivity index (χ0v) is 14.0. The number of nitrogens with one attached hydrogen (secondary N) is 2. The highest BCUT2D eigenvalue weighted by Crippen LogP contribution is 2.38. The van der Waals surface area contributed by atoms with E-state index in [9.17, 15) is 14.0 Å². The molecule has 2 saturated heterocycles. The molecule has 5 rings (SSSR count). The molecule has 3 aliphatic heterocycles. The Hall–Kier alpha value is -1.99. The number of benzene rings is 1. The predicted octanol–water partition coefficient (Wildman–Crippen LogP) is 1.36. The molecule has 2 amide bonds. The summed E-state index contributed by atoms with van der Waals surface area (Å²) in [6.45, 7) is 1.98. The molecule has 6 nitrogen and oxygen atoms in total. The molecule has 3 N–H and O–H groups in total. The molecule has 2 bridgehead atoms. The Bertz CT molecular complexity index is 729. The normalized spacial score (nSPS) is 28.4. The summed E-state index contributed by atoms with van der Waals surface area (Å²) in [6, 6.07) is 2.81. The molecule has 0 unspecified atom stereocenters. The zero-order chi connectivity index (χ0) is 17.6. The highest BCUT2D eigenvalue weighted by atomic mass is 19.1. The van der Waals surface area contributed by atoms with Crippen LogP contribution in [0.5, 0.6) is 0 Å². The van der Waals surface area contributed by atoms with Gasteiger partial charge in [0.15, 0.2) is 0 Å². The Kier molecular flexibility index (Phi) is 4.00. The summed E-state index contributed by atoms with van der Waals surface area (Å²) >= 11 is 0. The first-order chi connectivity index (χ1) is 12.0. The smallest absolute Gasteiger partial charge is 0.274 e. The monoisotopic (exact) mass is 347 g/mol. The molecule has 0 atom stereocenters. The number of rotatable bonds is 3. The first kappa shape index (κ1) is 16.5. The van der Waals surface area contributed by atoms with Gasteiger partial charge < -0.3 is 5.32 Å². The molecule has 0 spiro atoms. The number of hydrogen-bond acceptors (Lipinski definition) is 4. The van der Waals surface area contributed by atoms with Crippen molar-refractivity contribution in [3.05, 3.63) is 34.6 Å². The molecular formula is C18H22FN3O3. The summed E-state index contributed by atoms with van der Waals surface area (Å²) in [5.41, 5.74) is 2.92. The molecule has 134 valence electrons. The van der Waals surface area contributed by atoms with Gasteiger partial charge in [0.25, 0.3) is 5.91 Å². The van der Waals surface area contributed by atoms with Gasteiger partial charge in [-0.05, 0) is 49.8 Å². The van der Waals surface area contributed by atoms with Crippen molar-refractivity contribution in [2.75, 3.05) is 13.1 Å². The fourth-order valence-corrected chi connectivity index (χ4v) is 4.55. The van der Waals surface area contributed by atoms with Gasteiger partial charge in [-0.15, -0.1) is 0 Å². The Labute approximate surface area is 145 Å². The predicted molar refractivity (Wildman–Crippen MR) is 87.5 cm³/mol. The van der Waals surface area contributed by atoms with E-state index in [0.29, 0.717) is 18.5 Å². The SMILES string of the molecule is O=C(NO)c1cc(F)c2c(c1)CCN(CC13CCC(CC1)C(=O)N3)C2. The zero-order valence-electron chi connectivity index (χ0n) is 14.0. The average molecular weight is 347 g/mol. The number of carbonyl (C=O) groups is 2. The van der Waals surface area contributed by atoms with Crippen molar-refractivity contribution in [2.24, 2.45) is 5.92 Å². The maximum atomic E-state index is 14.5. The summed E-state index contributed by atoms with van der Waals surface area (Å²) in [5, 5.41) is 11.9. The largest absolute Gasteiger partial charge is 0.349 e. The van der Waals surface area contributed by atoms with Crippen LogP contribution < -0.4 is 10.8 Å². The van der Waals surface area contributed by atoms with E-state index in [0.717, 1.165) is 44.3 Å². The molecule has 25 heavy (non-hydrogen) atoms. The first-order valence-electron chi connectivity index (χ1n) is 8.80. The van der Waals surface area contributed by atoms with Crippen LogP contribution in [0.3, 0.4) is 0 Å². The standard InChI is InChI=1S/C18H22FN3O3/c19-15-8-13(17(24)21-25)7-12-3-6-22(9-14(12)15)10-18-4-1-11(2-5-18)16(23)20-18/h7-8,11,25H,1-6,9-10H2,(H,20,23)(H,21,24). The number of piperidine rings is 2. The Morgan fingerprint density at radius 3 is 2.84 bits per heavy atom. The van der Waals surface area contributed by atoms with Crippen molar-refractivity contribution >= 4 is 11.8 Å². The van der Waals surface area contributed by atoms with E-state index in [1.54, 1.807) is 11.5 Å². The number of carbonyl (C=O) groups excluding carboxylic acids is 2. The van der Waals surface area contributed by atoms with Crippen LogP contribution in [-0.2, 0) is 17.8 Å². The van der Waals surface area contributed by atoms with Gasteiger partial charge in [-0.1, -0.05) is 0 Å². The van der Waals surface area contributed by atoms with Crippen LogP contribution in [0.1, 0.15) is 47.2 Å². The average Bonchev–Trinajstić information content (AvgIpc) is 2.62. The third-order valence-electron chi connectivity index (χ3n) is 5.96. The fraction of sp³-hybridized carbons (Fsp3) is 0.556. The third kappa shape index (κ3) is 2.91. The van der Waals surface area contributed by atoms with Gasteiger partial charge in [0.2, 0.25) is 5.91 Å². The van der Waals surface area contributed by atoms with Crippen LogP contribution >= 0.6 is 0 Å². The second-order valence-corrected chi connectivity index (χ2v) is 7.54. The molecule has 3 fully saturated rings. The lowest BCUT2D eigenvalue weighted by Gasteiger charge is -2.49.